The van der Waals surface area contributed by atoms with Gasteiger partial charge in [-0.2, -0.15) is 0 Å². The number of rotatable bonds is 21. The van der Waals surface area contributed by atoms with Crippen molar-refractivity contribution in [1.29, 1.82) is 0 Å². The van der Waals surface area contributed by atoms with E-state index in [4.69, 9.17) is 52.1 Å². The first-order valence-electron chi connectivity index (χ1n) is 33.2. The van der Waals surface area contributed by atoms with Crippen LogP contribution in [-0.4, -0.2) is 230 Å². The fourth-order valence-corrected chi connectivity index (χ4v) is 10.8. The molecule has 0 radical (unpaired) electrons. The Morgan fingerprint density at radius 2 is 0.387 bits per heavy atom. The van der Waals surface area contributed by atoms with Gasteiger partial charge in [0.05, 0.1) is 55.6 Å². The quantitative estimate of drug-likeness (QED) is 0.0153. The predicted molar refractivity (Wildman–Crippen MR) is 385 cm³/mol. The molecular weight excluding hydrogens is 1720 g/mol. The molecule has 0 aliphatic carbocycles. The van der Waals surface area contributed by atoms with Crippen molar-refractivity contribution in [3.8, 4) is 172 Å². The molecule has 5 unspecified atom stereocenters. The molecule has 1 aliphatic heterocycles. The van der Waals surface area contributed by atoms with Gasteiger partial charge < -0.3 is 185 Å². The second kappa shape index (κ2) is 35.7. The number of carbonyl (C=O) groups is 10. The third-order valence-corrected chi connectivity index (χ3v) is 16.9. The van der Waals surface area contributed by atoms with Crippen LogP contribution in [0.5, 0.6) is 172 Å². The zero-order valence-electron chi connectivity index (χ0n) is 60.7. The van der Waals surface area contributed by atoms with Gasteiger partial charge in [0.25, 0.3) is 0 Å². The number of benzene rings is 10. The third kappa shape index (κ3) is 18.8. The molecule has 0 amide bonds. The average Bonchev–Trinajstić information content (AvgIpc) is 0.763. The molecule has 10 aromatic carbocycles. The maximum absolute atomic E-state index is 15.3. The Morgan fingerprint density at radius 1 is 0.218 bits per heavy atom. The van der Waals surface area contributed by atoms with Crippen LogP contribution in [0.3, 0.4) is 0 Å². The third-order valence-electron chi connectivity index (χ3n) is 16.9. The van der Waals surface area contributed by atoms with Crippen LogP contribution in [-0.2, 0) is 45.5 Å². The number of phenols is 25. The second-order valence-corrected chi connectivity index (χ2v) is 25.1. The molecule has 124 heavy (non-hydrogen) atoms. The van der Waals surface area contributed by atoms with Crippen molar-refractivity contribution in [3.05, 3.63) is 177 Å². The van der Waals surface area contributed by atoms with Crippen LogP contribution in [0.2, 0.25) is 0 Å². The fourth-order valence-electron chi connectivity index (χ4n) is 10.8. The Balaban J connectivity index is 0.00000871. The number of hydrogen-bond acceptors (Lipinski definition) is 47. The molecular formula is C76H53FeO47-. The molecule has 11 rings (SSSR count). The maximum atomic E-state index is 15.3. The van der Waals surface area contributed by atoms with E-state index < -0.39 is 325 Å². The number of aromatic hydroxyl groups is 25. The summed E-state index contributed by atoms with van der Waals surface area (Å²) in [5.74, 6) is -56.0. The molecule has 648 valence electrons. The van der Waals surface area contributed by atoms with Crippen LogP contribution in [0, 0.1) is 0 Å². The Labute approximate surface area is 694 Å². The molecule has 0 spiro atoms. The summed E-state index contributed by atoms with van der Waals surface area (Å²) in [6, 6.07) is 8.56. The van der Waals surface area contributed by atoms with Gasteiger partial charge in [0.1, 0.15) is 12.7 Å². The monoisotopic (exact) mass is 1770 g/mol. The summed E-state index contributed by atoms with van der Waals surface area (Å²) in [7, 11) is 0. The SMILES string of the molecule is O=C(OCC1OC(OC(=O)c2cc(O)c(O)c(OC(=O)c3cc(O)c(O)c(O)c3)c2)C(OC(=O)c2cc(O)c(O)c(OC(=O)c3cc(O)c(O)c(O)c3)c2)C(OC(=O)c2cc(O)c(O)c(OC(=O)c3cc(O)c(O)c(O)c3)c2)C1OC(=O)c1cc(O)c(O)c(OC(=O)c2cc(O)c(O)c(O)c2)c1)c1cc(O)c(O)c(OC(=O)c2cc(O)c(O)c(O)c2)c1.[Fe].[OH-]. The second-order valence-electron chi connectivity index (χ2n) is 25.1. The van der Waals surface area contributed by atoms with E-state index >= 15 is 14.4 Å². The summed E-state index contributed by atoms with van der Waals surface area (Å²) in [5.41, 5.74) is -9.89. The summed E-state index contributed by atoms with van der Waals surface area (Å²) in [6.07, 6.45) is -15.1. The van der Waals surface area contributed by atoms with Gasteiger partial charge in [-0.25, -0.2) is 47.9 Å². The van der Waals surface area contributed by atoms with Gasteiger partial charge in [-0.05, 0) is 121 Å². The summed E-state index contributed by atoms with van der Waals surface area (Å²) in [6.45, 7) is -1.71. The van der Waals surface area contributed by atoms with Gasteiger partial charge >= 0.3 is 59.7 Å². The number of carbonyl (C=O) groups excluding carboxylic acids is 10. The van der Waals surface area contributed by atoms with Crippen molar-refractivity contribution >= 4 is 59.7 Å². The minimum Gasteiger partial charge on any atom is -0.870 e. The zero-order valence-corrected chi connectivity index (χ0v) is 61.8. The van der Waals surface area contributed by atoms with E-state index in [1.54, 1.807) is 0 Å². The summed E-state index contributed by atoms with van der Waals surface area (Å²) < 4.78 is 60.4. The van der Waals surface area contributed by atoms with Crippen molar-refractivity contribution in [2.24, 2.45) is 0 Å². The van der Waals surface area contributed by atoms with Crippen LogP contribution in [0.1, 0.15) is 104 Å². The molecule has 0 saturated carbocycles. The Morgan fingerprint density at radius 3 is 0.605 bits per heavy atom. The molecule has 48 heteroatoms. The Bertz CT molecular complexity index is 5980. The summed E-state index contributed by atoms with van der Waals surface area (Å²) in [4.78, 5) is 142. The zero-order chi connectivity index (χ0) is 89.4. The van der Waals surface area contributed by atoms with Crippen molar-refractivity contribution in [2.75, 3.05) is 6.61 Å². The molecule has 1 fully saturated rings. The van der Waals surface area contributed by atoms with Crippen molar-refractivity contribution in [1.82, 2.24) is 0 Å². The molecule has 0 bridgehead atoms. The van der Waals surface area contributed by atoms with Crippen LogP contribution in [0.15, 0.2) is 121 Å². The molecule has 10 aromatic rings. The van der Waals surface area contributed by atoms with Crippen LogP contribution >= 0.6 is 0 Å². The average molecular weight is 1770 g/mol. The van der Waals surface area contributed by atoms with E-state index in [9.17, 15) is 161 Å². The van der Waals surface area contributed by atoms with Gasteiger partial charge in [0.15, 0.2) is 156 Å². The molecule has 1 saturated heterocycles. The van der Waals surface area contributed by atoms with Crippen molar-refractivity contribution in [3.63, 3.8) is 0 Å². The minimum absolute atomic E-state index is 0. The standard InChI is InChI=1S/C76H52O46.Fe.H2O/c77-32-1-22(2-33(78)53(32)92)67(103)113-47-16-27(11-42(87)58(47)97)66(102)112-21-52-63(119-72(108)28-12-43(88)59(98)48(17-28)114-68(104)23-3-34(79)54(93)35(80)4-23)64(120-73(109)29-13-44(89)60(99)49(18-29)115-69(105)24-5-36(81)55(94)37(82)6-24)65(121-74(110)30-14-45(90)61(100)50(19-30)116-70(106)25-7-38(83)56(95)39(84)8-25)76(118-52)122-75(111)31-15-46(91)62(101)51(20-31)117-71(107)26-9-40(85)57(96)41(86)10-26;;/h1-20,52,63-65,76-101H,21H2;;1H2/p-1. The number of phenolic OH excluding ortho intramolecular Hbond substituents is 25. The van der Waals surface area contributed by atoms with E-state index in [1.807, 2.05) is 0 Å². The first-order valence-corrected chi connectivity index (χ1v) is 33.2. The molecule has 47 nitrogen and oxygen atoms in total. The maximum Gasteiger partial charge on any atom is 0.343 e. The molecule has 5 atom stereocenters. The van der Waals surface area contributed by atoms with Gasteiger partial charge in [0.2, 0.25) is 41.1 Å². The van der Waals surface area contributed by atoms with Crippen LogP contribution in [0.25, 0.3) is 0 Å². The predicted octanol–water partition coefficient (Wildman–Crippen LogP) is 4.66. The Hall–Kier alpha value is -17.7. The molecule has 1 aliphatic rings. The first kappa shape index (κ1) is 90.3. The summed E-state index contributed by atoms with van der Waals surface area (Å²) >= 11 is 0. The van der Waals surface area contributed by atoms with E-state index in [0.717, 1.165) is 0 Å². The van der Waals surface area contributed by atoms with Crippen molar-refractivity contribution < 1.29 is 250 Å². The minimum atomic E-state index is -3.12. The van der Waals surface area contributed by atoms with Crippen LogP contribution < -0.4 is 23.7 Å². The first-order chi connectivity index (χ1) is 57.4. The van der Waals surface area contributed by atoms with E-state index in [1.165, 1.54) is 0 Å². The van der Waals surface area contributed by atoms with Gasteiger partial charge in [-0.3, -0.25) is 0 Å². The van der Waals surface area contributed by atoms with E-state index in [-0.39, 0.29) is 22.5 Å². The van der Waals surface area contributed by atoms with E-state index in [0.29, 0.717) is 121 Å². The Kier molecular flexibility index (Phi) is 26.0. The number of hydrogen-bond donors (Lipinski definition) is 25. The van der Waals surface area contributed by atoms with Crippen molar-refractivity contribution in [2.45, 2.75) is 30.7 Å². The molecule has 26 N–H and O–H groups in total. The smallest absolute Gasteiger partial charge is 0.343 e. The van der Waals surface area contributed by atoms with Gasteiger partial charge in [-0.15, -0.1) is 0 Å². The number of esters is 10. The summed E-state index contributed by atoms with van der Waals surface area (Å²) in [5, 5.41) is 261. The fraction of sp³-hybridized carbons (Fsp3) is 0.0789. The number of ether oxygens (including phenoxy) is 11. The van der Waals surface area contributed by atoms with Crippen LogP contribution in [0.4, 0.5) is 0 Å². The van der Waals surface area contributed by atoms with Gasteiger partial charge in [-0.1, -0.05) is 0 Å². The topological polar surface area (TPSA) is 808 Å². The molecule has 1 heterocycles. The van der Waals surface area contributed by atoms with Gasteiger partial charge in [0, 0.05) is 17.1 Å². The van der Waals surface area contributed by atoms with E-state index in [2.05, 4.69) is 0 Å². The normalized spacial score (nSPS) is 14.4. The largest absolute Gasteiger partial charge is 0.870 e. The molecule has 0 aromatic heterocycles.